The van der Waals surface area contributed by atoms with Crippen molar-refractivity contribution < 1.29 is 21.9 Å². The van der Waals surface area contributed by atoms with Crippen LogP contribution in [0, 0.1) is 11.8 Å². The summed E-state index contributed by atoms with van der Waals surface area (Å²) < 4.78 is 47.9. The van der Waals surface area contributed by atoms with Gasteiger partial charge in [0.05, 0.1) is 17.2 Å². The Labute approximate surface area is 118 Å². The van der Waals surface area contributed by atoms with E-state index in [0.29, 0.717) is 5.56 Å². The van der Waals surface area contributed by atoms with Gasteiger partial charge >= 0.3 is 0 Å². The molecule has 0 bridgehead atoms. The average molecular weight is 317 g/mol. The van der Waals surface area contributed by atoms with Gasteiger partial charge < -0.3 is 5.11 Å². The number of rotatable bonds is 5. The summed E-state index contributed by atoms with van der Waals surface area (Å²) in [5.41, 5.74) is 0.659. The standard InChI is InChI=1S/C12H15NO5S2/c1-19(15,16)9-10-20(17,18)13-12-7-3-2-5-11(12)6-4-8-14/h2-3,5,7,13-14H,8-10H2,1H3. The number of benzene rings is 1. The lowest BCUT2D eigenvalue weighted by atomic mass is 10.2. The van der Waals surface area contributed by atoms with E-state index >= 15 is 0 Å². The van der Waals surface area contributed by atoms with E-state index in [1.165, 1.54) is 6.07 Å². The lowest BCUT2D eigenvalue weighted by Gasteiger charge is -2.09. The second-order valence-corrected chi connectivity index (χ2v) is 8.16. The van der Waals surface area contributed by atoms with Crippen LogP contribution in [0.1, 0.15) is 5.56 Å². The first kappa shape index (κ1) is 16.5. The van der Waals surface area contributed by atoms with Gasteiger partial charge in [0.1, 0.15) is 16.4 Å². The molecule has 0 aliphatic rings. The van der Waals surface area contributed by atoms with Crippen LogP contribution in [0.5, 0.6) is 0 Å². The predicted octanol–water partition coefficient (Wildman–Crippen LogP) is -0.183. The monoisotopic (exact) mass is 317 g/mol. The number of para-hydroxylation sites is 1. The zero-order chi connectivity index (χ0) is 15.2. The first-order valence-electron chi connectivity index (χ1n) is 5.60. The Hall–Kier alpha value is -1.56. The Balaban J connectivity index is 2.93. The highest BCUT2D eigenvalue weighted by atomic mass is 32.2. The molecule has 0 atom stereocenters. The van der Waals surface area contributed by atoms with Gasteiger partial charge in [-0.25, -0.2) is 16.8 Å². The zero-order valence-electron chi connectivity index (χ0n) is 10.8. The molecule has 20 heavy (non-hydrogen) atoms. The molecule has 1 aromatic rings. The number of hydrogen-bond acceptors (Lipinski definition) is 5. The number of aliphatic hydroxyl groups excluding tert-OH is 1. The summed E-state index contributed by atoms with van der Waals surface area (Å²) in [5, 5.41) is 8.65. The summed E-state index contributed by atoms with van der Waals surface area (Å²) in [6, 6.07) is 6.41. The van der Waals surface area contributed by atoms with Gasteiger partial charge in [-0.1, -0.05) is 24.0 Å². The summed E-state index contributed by atoms with van der Waals surface area (Å²) in [4.78, 5) is 0. The minimum atomic E-state index is -3.77. The van der Waals surface area contributed by atoms with Crippen molar-refractivity contribution >= 4 is 25.5 Å². The average Bonchev–Trinajstić information content (AvgIpc) is 2.34. The predicted molar refractivity (Wildman–Crippen MR) is 77.5 cm³/mol. The molecule has 0 heterocycles. The topological polar surface area (TPSA) is 101 Å². The third kappa shape index (κ3) is 6.06. The van der Waals surface area contributed by atoms with Crippen molar-refractivity contribution in [1.29, 1.82) is 0 Å². The molecule has 0 aromatic heterocycles. The quantitative estimate of drug-likeness (QED) is 0.734. The highest BCUT2D eigenvalue weighted by Crippen LogP contribution is 2.15. The maximum atomic E-state index is 11.8. The van der Waals surface area contributed by atoms with Gasteiger partial charge in [0, 0.05) is 11.8 Å². The molecule has 0 unspecified atom stereocenters. The van der Waals surface area contributed by atoms with E-state index in [4.69, 9.17) is 5.11 Å². The maximum Gasteiger partial charge on any atom is 0.233 e. The van der Waals surface area contributed by atoms with Gasteiger partial charge in [-0.05, 0) is 12.1 Å². The Bertz CT molecular complexity index is 727. The number of hydrogen-bond donors (Lipinski definition) is 2. The maximum absolute atomic E-state index is 11.8. The van der Waals surface area contributed by atoms with Gasteiger partial charge in [0.2, 0.25) is 10.0 Å². The van der Waals surface area contributed by atoms with E-state index in [-0.39, 0.29) is 12.3 Å². The highest BCUT2D eigenvalue weighted by Gasteiger charge is 2.15. The normalized spacial score (nSPS) is 11.5. The van der Waals surface area contributed by atoms with Crippen LogP contribution < -0.4 is 4.72 Å². The third-order valence-electron chi connectivity index (χ3n) is 2.22. The number of sulfonamides is 1. The van der Waals surface area contributed by atoms with Gasteiger partial charge in [0.25, 0.3) is 0 Å². The molecular weight excluding hydrogens is 302 g/mol. The first-order valence-corrected chi connectivity index (χ1v) is 9.32. The van der Waals surface area contributed by atoms with Gasteiger partial charge in [-0.2, -0.15) is 0 Å². The molecule has 0 aliphatic carbocycles. The number of nitrogens with one attached hydrogen (secondary N) is 1. The zero-order valence-corrected chi connectivity index (χ0v) is 12.5. The number of aliphatic hydroxyl groups is 1. The van der Waals surface area contributed by atoms with E-state index in [0.717, 1.165) is 6.26 Å². The lowest BCUT2D eigenvalue weighted by molar-refractivity contribution is 0.350. The summed E-state index contributed by atoms with van der Waals surface area (Å²) in [5.74, 6) is 4.06. The molecular formula is C12H15NO5S2. The minimum Gasteiger partial charge on any atom is -0.384 e. The Kier molecular flexibility index (Phi) is 5.56. The molecule has 0 radical (unpaired) electrons. The SMILES string of the molecule is CS(=O)(=O)CCS(=O)(=O)Nc1ccccc1C#CCO. The van der Waals surface area contributed by atoms with Crippen LogP contribution in [0.2, 0.25) is 0 Å². The van der Waals surface area contributed by atoms with Crippen molar-refractivity contribution in [1.82, 2.24) is 0 Å². The fraction of sp³-hybridized carbons (Fsp3) is 0.333. The van der Waals surface area contributed by atoms with E-state index in [9.17, 15) is 16.8 Å². The van der Waals surface area contributed by atoms with Crippen LogP contribution in [-0.2, 0) is 19.9 Å². The smallest absolute Gasteiger partial charge is 0.233 e. The van der Waals surface area contributed by atoms with E-state index in [1.54, 1.807) is 18.2 Å². The second-order valence-electron chi connectivity index (χ2n) is 4.06. The Morgan fingerprint density at radius 3 is 2.40 bits per heavy atom. The second kappa shape index (κ2) is 6.74. The molecule has 0 saturated heterocycles. The van der Waals surface area contributed by atoms with Crippen molar-refractivity contribution in [2.75, 3.05) is 29.1 Å². The van der Waals surface area contributed by atoms with Crippen molar-refractivity contribution in [3.63, 3.8) is 0 Å². The molecule has 1 aromatic carbocycles. The highest BCUT2D eigenvalue weighted by molar-refractivity contribution is 7.95. The molecule has 1 rings (SSSR count). The van der Waals surface area contributed by atoms with Crippen molar-refractivity contribution in [2.45, 2.75) is 0 Å². The van der Waals surface area contributed by atoms with Crippen LogP contribution in [0.15, 0.2) is 24.3 Å². The van der Waals surface area contributed by atoms with E-state index in [2.05, 4.69) is 16.6 Å². The van der Waals surface area contributed by atoms with Gasteiger partial charge in [-0.3, -0.25) is 4.72 Å². The summed E-state index contributed by atoms with van der Waals surface area (Å²) >= 11 is 0. The molecule has 2 N–H and O–H groups in total. The Morgan fingerprint density at radius 1 is 1.15 bits per heavy atom. The molecule has 0 saturated carbocycles. The van der Waals surface area contributed by atoms with Crippen LogP contribution in [0.3, 0.4) is 0 Å². The molecule has 0 amide bonds. The van der Waals surface area contributed by atoms with Gasteiger partial charge in [0.15, 0.2) is 0 Å². The lowest BCUT2D eigenvalue weighted by Crippen LogP contribution is -2.22. The van der Waals surface area contributed by atoms with Crippen molar-refractivity contribution in [3.8, 4) is 11.8 Å². The molecule has 0 aliphatic heterocycles. The fourth-order valence-corrected chi connectivity index (χ4v) is 4.00. The number of anilines is 1. The molecule has 0 fully saturated rings. The summed E-state index contributed by atoms with van der Waals surface area (Å²) in [6.07, 6.45) is 0.975. The third-order valence-corrected chi connectivity index (χ3v) is 4.69. The molecule has 110 valence electrons. The summed E-state index contributed by atoms with van der Waals surface area (Å²) in [7, 11) is -7.13. The van der Waals surface area contributed by atoms with Crippen molar-refractivity contribution in [2.24, 2.45) is 0 Å². The van der Waals surface area contributed by atoms with Crippen LogP contribution in [-0.4, -0.2) is 46.3 Å². The molecule has 6 nitrogen and oxygen atoms in total. The number of sulfone groups is 1. The van der Waals surface area contributed by atoms with Crippen molar-refractivity contribution in [3.05, 3.63) is 29.8 Å². The minimum absolute atomic E-state index is 0.252. The Morgan fingerprint density at radius 2 is 1.80 bits per heavy atom. The van der Waals surface area contributed by atoms with Crippen LogP contribution >= 0.6 is 0 Å². The first-order chi connectivity index (χ1) is 9.23. The molecule has 0 spiro atoms. The largest absolute Gasteiger partial charge is 0.384 e. The molecule has 8 heteroatoms. The van der Waals surface area contributed by atoms with E-state index in [1.807, 2.05) is 0 Å². The summed E-state index contributed by atoms with van der Waals surface area (Å²) in [6.45, 7) is -0.338. The van der Waals surface area contributed by atoms with Crippen LogP contribution in [0.25, 0.3) is 0 Å². The van der Waals surface area contributed by atoms with Crippen LogP contribution in [0.4, 0.5) is 5.69 Å². The van der Waals surface area contributed by atoms with E-state index < -0.39 is 31.4 Å². The fourth-order valence-electron chi connectivity index (χ4n) is 1.30. The van der Waals surface area contributed by atoms with Gasteiger partial charge in [-0.15, -0.1) is 0 Å².